The summed E-state index contributed by atoms with van der Waals surface area (Å²) in [5, 5.41) is 12.0. The second-order valence-corrected chi connectivity index (χ2v) is 8.28. The number of fused-ring (bicyclic) bond motifs is 1. The maximum atomic E-state index is 13.5. The summed E-state index contributed by atoms with van der Waals surface area (Å²) >= 11 is 0. The van der Waals surface area contributed by atoms with Crippen LogP contribution in [-0.2, 0) is 11.2 Å². The first-order chi connectivity index (χ1) is 17.2. The fourth-order valence-electron chi connectivity index (χ4n) is 4.57. The van der Waals surface area contributed by atoms with E-state index >= 15 is 0 Å². The van der Waals surface area contributed by atoms with E-state index in [0.717, 1.165) is 5.56 Å². The van der Waals surface area contributed by atoms with Crippen molar-refractivity contribution in [2.75, 3.05) is 26.1 Å². The summed E-state index contributed by atoms with van der Waals surface area (Å²) in [6.45, 7) is 0.300. The number of anilines is 1. The number of ether oxygens (including phenoxy) is 3. The van der Waals surface area contributed by atoms with Crippen molar-refractivity contribution < 1.29 is 32.2 Å². The van der Waals surface area contributed by atoms with E-state index in [-0.39, 0.29) is 5.76 Å². The highest BCUT2D eigenvalue weighted by molar-refractivity contribution is 5.90. The molecule has 0 saturated carbocycles. The van der Waals surface area contributed by atoms with E-state index in [0.29, 0.717) is 59.7 Å². The highest BCUT2D eigenvalue weighted by Gasteiger charge is 2.38. The Hall–Kier alpha value is -4.13. The number of nitrogens with zero attached hydrogens (tertiary/aromatic N) is 2. The predicted molar refractivity (Wildman–Crippen MR) is 125 cm³/mol. The topological polar surface area (TPSA) is 83.8 Å². The fraction of sp³-hybridized carbons (Fsp3) is 0.308. The fourth-order valence-corrected chi connectivity index (χ4v) is 4.57. The number of nitriles is 1. The van der Waals surface area contributed by atoms with Gasteiger partial charge < -0.3 is 24.4 Å². The zero-order valence-electron chi connectivity index (χ0n) is 19.7. The van der Waals surface area contributed by atoms with E-state index in [1.807, 2.05) is 12.1 Å². The van der Waals surface area contributed by atoms with Crippen LogP contribution in [0.15, 0.2) is 59.9 Å². The van der Waals surface area contributed by atoms with Gasteiger partial charge in [0, 0.05) is 23.9 Å². The summed E-state index contributed by atoms with van der Waals surface area (Å²) < 4.78 is 54.0. The maximum absolute atomic E-state index is 13.5. The van der Waals surface area contributed by atoms with Gasteiger partial charge in [-0.1, -0.05) is 6.07 Å². The van der Waals surface area contributed by atoms with Gasteiger partial charge in [-0.25, -0.2) is 4.79 Å². The van der Waals surface area contributed by atoms with Crippen LogP contribution in [0.3, 0.4) is 0 Å². The highest BCUT2D eigenvalue weighted by Crippen LogP contribution is 2.45. The molecule has 0 spiro atoms. The van der Waals surface area contributed by atoms with Gasteiger partial charge >= 0.3 is 12.4 Å². The van der Waals surface area contributed by atoms with Crippen LogP contribution in [0.25, 0.3) is 0 Å². The standard InChI is InChI=1S/C26H24F3N3O4/c1-34-21-12-17-9-10-32(25(33)31-19-7-3-5-16(11-19)15-30)24(23(17)22(14-21)35-2)18-6-4-8-20(13-18)36-26(27,28)29/h3,5,7-8,11-14,24H,4,6,9-10H2,1-2H3,(H,31,33). The van der Waals surface area contributed by atoms with Crippen molar-refractivity contribution in [3.8, 4) is 17.6 Å². The minimum Gasteiger partial charge on any atom is -0.497 e. The lowest BCUT2D eigenvalue weighted by Gasteiger charge is -2.40. The van der Waals surface area contributed by atoms with Gasteiger partial charge in [0.2, 0.25) is 0 Å². The number of urea groups is 1. The van der Waals surface area contributed by atoms with Gasteiger partial charge in [0.1, 0.15) is 17.3 Å². The number of allylic oxidation sites excluding steroid dienone is 2. The molecular formula is C26H24F3N3O4. The molecule has 2 amide bonds. The van der Waals surface area contributed by atoms with Crippen LogP contribution >= 0.6 is 0 Å². The molecule has 188 valence electrons. The van der Waals surface area contributed by atoms with Gasteiger partial charge in [0.15, 0.2) is 0 Å². The number of alkyl halides is 3. The Labute approximate surface area is 206 Å². The van der Waals surface area contributed by atoms with Gasteiger partial charge in [-0.15, -0.1) is 13.2 Å². The summed E-state index contributed by atoms with van der Waals surface area (Å²) in [5.41, 5.74) is 2.97. The van der Waals surface area contributed by atoms with Crippen molar-refractivity contribution in [2.45, 2.75) is 31.7 Å². The number of amides is 2. The molecule has 7 nitrogen and oxygen atoms in total. The van der Waals surface area contributed by atoms with Gasteiger partial charge in [-0.05, 0) is 66.8 Å². The minimum absolute atomic E-state index is 0.300. The third-order valence-corrected chi connectivity index (χ3v) is 6.06. The molecule has 1 heterocycles. The molecular weight excluding hydrogens is 475 g/mol. The van der Waals surface area contributed by atoms with Crippen LogP contribution in [0, 0.1) is 11.3 Å². The number of nitrogens with one attached hydrogen (secondary N) is 1. The number of hydrogen-bond donors (Lipinski definition) is 1. The van der Waals surface area contributed by atoms with Crippen molar-refractivity contribution in [1.29, 1.82) is 5.26 Å². The molecule has 0 saturated heterocycles. The summed E-state index contributed by atoms with van der Waals surface area (Å²) in [6, 6.07) is 10.9. The number of carbonyl (C=O) groups is 1. The molecule has 36 heavy (non-hydrogen) atoms. The van der Waals surface area contributed by atoms with Crippen molar-refractivity contribution >= 4 is 11.7 Å². The molecule has 1 unspecified atom stereocenters. The van der Waals surface area contributed by atoms with Crippen LogP contribution in [0.1, 0.15) is 35.6 Å². The number of methoxy groups -OCH3 is 2. The van der Waals surface area contributed by atoms with Gasteiger partial charge in [-0.3, -0.25) is 0 Å². The van der Waals surface area contributed by atoms with E-state index in [4.69, 9.17) is 9.47 Å². The number of hydrogen-bond acceptors (Lipinski definition) is 5. The Balaban J connectivity index is 1.77. The van der Waals surface area contributed by atoms with E-state index in [1.54, 1.807) is 35.2 Å². The quantitative estimate of drug-likeness (QED) is 0.558. The normalized spacial score (nSPS) is 17.2. The van der Waals surface area contributed by atoms with Crippen LogP contribution < -0.4 is 14.8 Å². The Morgan fingerprint density at radius 2 is 1.97 bits per heavy atom. The Morgan fingerprint density at radius 3 is 2.67 bits per heavy atom. The van der Waals surface area contributed by atoms with Crippen LogP contribution in [0.2, 0.25) is 0 Å². The largest absolute Gasteiger partial charge is 0.573 e. The van der Waals surface area contributed by atoms with E-state index in [2.05, 4.69) is 10.1 Å². The van der Waals surface area contributed by atoms with Crippen LogP contribution in [0.5, 0.6) is 11.5 Å². The van der Waals surface area contributed by atoms with E-state index < -0.39 is 18.4 Å². The van der Waals surface area contributed by atoms with Crippen molar-refractivity contribution in [2.24, 2.45) is 0 Å². The third-order valence-electron chi connectivity index (χ3n) is 6.06. The third kappa shape index (κ3) is 5.40. The van der Waals surface area contributed by atoms with Crippen molar-refractivity contribution in [3.63, 3.8) is 0 Å². The lowest BCUT2D eigenvalue weighted by atomic mass is 9.84. The summed E-state index contributed by atoms with van der Waals surface area (Å²) in [5.74, 6) is 0.728. The second-order valence-electron chi connectivity index (χ2n) is 8.28. The summed E-state index contributed by atoms with van der Waals surface area (Å²) in [6.07, 6.45) is -0.872. The second kappa shape index (κ2) is 10.2. The number of carbonyl (C=O) groups excluding carboxylic acids is 1. The molecule has 1 atom stereocenters. The molecule has 0 bridgehead atoms. The van der Waals surface area contributed by atoms with Gasteiger partial charge in [-0.2, -0.15) is 5.26 Å². The Kier molecular flexibility index (Phi) is 7.10. The molecule has 10 heteroatoms. The number of rotatable bonds is 5. The number of halogens is 3. The predicted octanol–water partition coefficient (Wildman–Crippen LogP) is 5.85. The van der Waals surface area contributed by atoms with Crippen LogP contribution in [-0.4, -0.2) is 38.1 Å². The smallest absolute Gasteiger partial charge is 0.497 e. The Bertz CT molecular complexity index is 1250. The van der Waals surface area contributed by atoms with Crippen LogP contribution in [0.4, 0.5) is 23.7 Å². The zero-order chi connectivity index (χ0) is 25.9. The minimum atomic E-state index is -4.83. The van der Waals surface area contributed by atoms with Gasteiger partial charge in [0.25, 0.3) is 0 Å². The monoisotopic (exact) mass is 499 g/mol. The van der Waals surface area contributed by atoms with E-state index in [9.17, 15) is 23.2 Å². The molecule has 4 rings (SSSR count). The SMILES string of the molecule is COc1cc2c(c(OC)c1)C(C1=CC(OC(F)(F)F)=CCC1)N(C(=O)Nc1cccc(C#N)c1)CC2. The summed E-state index contributed by atoms with van der Waals surface area (Å²) in [4.78, 5) is 15.0. The average Bonchev–Trinajstić information content (AvgIpc) is 2.86. The molecule has 2 aromatic rings. The number of benzene rings is 2. The average molecular weight is 499 g/mol. The highest BCUT2D eigenvalue weighted by atomic mass is 19.4. The van der Waals surface area contributed by atoms with Crippen molar-refractivity contribution in [3.05, 3.63) is 76.6 Å². The first-order valence-corrected chi connectivity index (χ1v) is 11.2. The molecule has 1 N–H and O–H groups in total. The van der Waals surface area contributed by atoms with E-state index in [1.165, 1.54) is 26.4 Å². The molecule has 2 aliphatic rings. The van der Waals surface area contributed by atoms with Crippen molar-refractivity contribution in [1.82, 2.24) is 4.90 Å². The lowest BCUT2D eigenvalue weighted by Crippen LogP contribution is -2.43. The first-order valence-electron chi connectivity index (χ1n) is 11.2. The first kappa shape index (κ1) is 25.0. The lowest BCUT2D eigenvalue weighted by molar-refractivity contribution is -0.303. The zero-order valence-corrected chi connectivity index (χ0v) is 19.7. The molecule has 0 aromatic heterocycles. The molecule has 1 aliphatic heterocycles. The molecule has 2 aromatic carbocycles. The Morgan fingerprint density at radius 1 is 1.17 bits per heavy atom. The maximum Gasteiger partial charge on any atom is 0.573 e. The molecule has 0 fully saturated rings. The molecule has 0 radical (unpaired) electrons. The van der Waals surface area contributed by atoms with Gasteiger partial charge in [0.05, 0.1) is 31.9 Å². The summed E-state index contributed by atoms with van der Waals surface area (Å²) in [7, 11) is 3.03. The molecule has 1 aliphatic carbocycles.